The second-order valence-electron chi connectivity index (χ2n) is 4.45. The van der Waals surface area contributed by atoms with Gasteiger partial charge in [0.1, 0.15) is 5.69 Å². The summed E-state index contributed by atoms with van der Waals surface area (Å²) in [6.45, 7) is 5.77. The van der Waals surface area contributed by atoms with E-state index in [4.69, 9.17) is 11.6 Å². The van der Waals surface area contributed by atoms with Crippen LogP contribution in [-0.4, -0.2) is 22.3 Å². The van der Waals surface area contributed by atoms with Crippen LogP contribution < -0.4 is 5.32 Å². The molecule has 0 radical (unpaired) electrons. The number of amides is 1. The van der Waals surface area contributed by atoms with Crippen LogP contribution in [0.15, 0.2) is 18.3 Å². The maximum absolute atomic E-state index is 11.9. The molecule has 1 N–H and O–H groups in total. The molecule has 0 fully saturated rings. The lowest BCUT2D eigenvalue weighted by Crippen LogP contribution is -2.44. The summed E-state index contributed by atoms with van der Waals surface area (Å²) < 4.78 is 0. The molecule has 1 aromatic rings. The summed E-state index contributed by atoms with van der Waals surface area (Å²) in [7, 11) is 0. The first-order valence-electron chi connectivity index (χ1n) is 5.26. The van der Waals surface area contributed by atoms with E-state index in [1.165, 1.54) is 0 Å². The van der Waals surface area contributed by atoms with E-state index in [-0.39, 0.29) is 11.4 Å². The van der Waals surface area contributed by atoms with Crippen LogP contribution in [0.1, 0.15) is 36.3 Å². The Kier molecular flexibility index (Phi) is 4.30. The fourth-order valence-corrected chi connectivity index (χ4v) is 1.86. The predicted molar refractivity (Wildman–Crippen MR) is 65.9 cm³/mol. The third kappa shape index (κ3) is 3.49. The zero-order valence-electron chi connectivity index (χ0n) is 9.88. The first-order valence-corrected chi connectivity index (χ1v) is 5.80. The van der Waals surface area contributed by atoms with Crippen molar-refractivity contribution in [2.24, 2.45) is 0 Å². The third-order valence-corrected chi connectivity index (χ3v) is 2.58. The lowest BCUT2D eigenvalue weighted by atomic mass is 10.0. The van der Waals surface area contributed by atoms with Gasteiger partial charge in [0.25, 0.3) is 5.91 Å². The van der Waals surface area contributed by atoms with Gasteiger partial charge in [0.15, 0.2) is 0 Å². The molecule has 0 aromatic carbocycles. The number of hydrogen-bond donors (Lipinski definition) is 1. The quantitative estimate of drug-likeness (QED) is 0.822. The number of halogens is 1. The molecule has 88 valence electrons. The summed E-state index contributed by atoms with van der Waals surface area (Å²) in [6.07, 6.45) is 2.35. The number of carbonyl (C=O) groups is 1. The van der Waals surface area contributed by atoms with Crippen LogP contribution >= 0.6 is 11.6 Å². The molecule has 0 aliphatic rings. The number of alkyl halides is 1. The number of aromatic nitrogens is 1. The van der Waals surface area contributed by atoms with Gasteiger partial charge in [-0.05, 0) is 38.8 Å². The summed E-state index contributed by atoms with van der Waals surface area (Å²) in [5, 5.41) is 2.93. The molecule has 0 unspecified atom stereocenters. The van der Waals surface area contributed by atoms with Crippen LogP contribution in [0.5, 0.6) is 0 Å². The average Bonchev–Trinajstić information content (AvgIpc) is 2.17. The molecule has 1 rings (SSSR count). The number of pyridine rings is 1. The highest BCUT2D eigenvalue weighted by atomic mass is 35.5. The molecule has 0 saturated heterocycles. The number of aryl methyl sites for hydroxylation is 1. The molecule has 1 heterocycles. The van der Waals surface area contributed by atoms with Crippen LogP contribution in [0.25, 0.3) is 0 Å². The Hall–Kier alpha value is -1.09. The highest BCUT2D eigenvalue weighted by Crippen LogP contribution is 2.11. The second-order valence-corrected chi connectivity index (χ2v) is 4.82. The molecule has 0 atom stereocenters. The zero-order chi connectivity index (χ0) is 12.2. The van der Waals surface area contributed by atoms with Crippen molar-refractivity contribution in [2.75, 3.05) is 5.88 Å². The largest absolute Gasteiger partial charge is 0.346 e. The number of nitrogens with zero attached hydrogens (tertiary/aromatic N) is 1. The molecule has 1 aromatic heterocycles. The highest BCUT2D eigenvalue weighted by molar-refractivity contribution is 6.17. The molecule has 0 saturated carbocycles. The van der Waals surface area contributed by atoms with E-state index >= 15 is 0 Å². The third-order valence-electron chi connectivity index (χ3n) is 2.40. The van der Waals surface area contributed by atoms with Crippen molar-refractivity contribution in [3.8, 4) is 0 Å². The van der Waals surface area contributed by atoms with Gasteiger partial charge in [-0.3, -0.25) is 9.78 Å². The van der Waals surface area contributed by atoms with E-state index in [0.717, 1.165) is 12.0 Å². The SMILES string of the molecule is Cc1cccnc1C(=O)NC(C)(C)CCCl. The minimum Gasteiger partial charge on any atom is -0.346 e. The summed E-state index contributed by atoms with van der Waals surface area (Å²) >= 11 is 5.68. The number of nitrogens with one attached hydrogen (secondary N) is 1. The Bertz CT molecular complexity index is 377. The van der Waals surface area contributed by atoms with Gasteiger partial charge in [-0.1, -0.05) is 6.07 Å². The van der Waals surface area contributed by atoms with Crippen LogP contribution in [0, 0.1) is 6.92 Å². The van der Waals surface area contributed by atoms with Gasteiger partial charge in [-0.15, -0.1) is 11.6 Å². The maximum atomic E-state index is 11.9. The Morgan fingerprint density at radius 3 is 2.81 bits per heavy atom. The zero-order valence-corrected chi connectivity index (χ0v) is 10.6. The molecule has 4 heteroatoms. The smallest absolute Gasteiger partial charge is 0.270 e. The van der Waals surface area contributed by atoms with Gasteiger partial charge in [0.2, 0.25) is 0 Å². The van der Waals surface area contributed by atoms with Crippen molar-refractivity contribution in [3.63, 3.8) is 0 Å². The van der Waals surface area contributed by atoms with Gasteiger partial charge >= 0.3 is 0 Å². The molecular formula is C12H17ClN2O. The molecule has 0 aliphatic heterocycles. The lowest BCUT2D eigenvalue weighted by molar-refractivity contribution is 0.0906. The number of rotatable bonds is 4. The lowest BCUT2D eigenvalue weighted by Gasteiger charge is -2.25. The van der Waals surface area contributed by atoms with Crippen molar-refractivity contribution in [2.45, 2.75) is 32.7 Å². The topological polar surface area (TPSA) is 42.0 Å². The van der Waals surface area contributed by atoms with E-state index in [2.05, 4.69) is 10.3 Å². The summed E-state index contributed by atoms with van der Waals surface area (Å²) in [5.74, 6) is 0.377. The minimum atomic E-state index is -0.303. The molecule has 1 amide bonds. The van der Waals surface area contributed by atoms with Gasteiger partial charge in [0.05, 0.1) is 0 Å². The fraction of sp³-hybridized carbons (Fsp3) is 0.500. The number of carbonyl (C=O) groups excluding carboxylic acids is 1. The average molecular weight is 241 g/mol. The van der Waals surface area contributed by atoms with Gasteiger partial charge in [-0.2, -0.15) is 0 Å². The van der Waals surface area contributed by atoms with E-state index in [9.17, 15) is 4.79 Å². The van der Waals surface area contributed by atoms with E-state index in [1.54, 1.807) is 6.20 Å². The van der Waals surface area contributed by atoms with E-state index in [0.29, 0.717) is 11.6 Å². The van der Waals surface area contributed by atoms with Crippen molar-refractivity contribution in [1.29, 1.82) is 0 Å². The molecule has 16 heavy (non-hydrogen) atoms. The van der Waals surface area contributed by atoms with Gasteiger partial charge in [-0.25, -0.2) is 0 Å². The molecular weight excluding hydrogens is 224 g/mol. The minimum absolute atomic E-state index is 0.145. The summed E-state index contributed by atoms with van der Waals surface area (Å²) in [6, 6.07) is 3.69. The van der Waals surface area contributed by atoms with Crippen molar-refractivity contribution >= 4 is 17.5 Å². The normalized spacial score (nSPS) is 11.2. The van der Waals surface area contributed by atoms with Crippen LogP contribution in [-0.2, 0) is 0 Å². The van der Waals surface area contributed by atoms with E-state index in [1.807, 2.05) is 32.9 Å². The van der Waals surface area contributed by atoms with Gasteiger partial charge in [0, 0.05) is 17.6 Å². The van der Waals surface area contributed by atoms with E-state index < -0.39 is 0 Å². The molecule has 0 aliphatic carbocycles. The standard InChI is InChI=1S/C12H17ClN2O/c1-9-5-4-8-14-10(9)11(16)15-12(2,3)6-7-13/h4-5,8H,6-7H2,1-3H3,(H,15,16). The van der Waals surface area contributed by atoms with Crippen LogP contribution in [0.3, 0.4) is 0 Å². The first kappa shape index (κ1) is 13.0. The monoisotopic (exact) mass is 240 g/mol. The van der Waals surface area contributed by atoms with Crippen molar-refractivity contribution in [1.82, 2.24) is 10.3 Å². The Morgan fingerprint density at radius 2 is 2.25 bits per heavy atom. The highest BCUT2D eigenvalue weighted by Gasteiger charge is 2.21. The number of hydrogen-bond acceptors (Lipinski definition) is 2. The Labute approximate surface area is 101 Å². The van der Waals surface area contributed by atoms with Crippen LogP contribution in [0.4, 0.5) is 0 Å². The predicted octanol–water partition coefficient (Wildman–Crippen LogP) is 2.53. The fourth-order valence-electron chi connectivity index (χ4n) is 1.39. The molecule has 0 bridgehead atoms. The summed E-state index contributed by atoms with van der Waals surface area (Å²) in [5.41, 5.74) is 1.05. The summed E-state index contributed by atoms with van der Waals surface area (Å²) in [4.78, 5) is 16.0. The van der Waals surface area contributed by atoms with Crippen LogP contribution in [0.2, 0.25) is 0 Å². The van der Waals surface area contributed by atoms with Crippen molar-refractivity contribution < 1.29 is 4.79 Å². The molecule has 3 nitrogen and oxygen atoms in total. The van der Waals surface area contributed by atoms with Gasteiger partial charge < -0.3 is 5.32 Å². The Morgan fingerprint density at radius 1 is 1.56 bits per heavy atom. The second kappa shape index (κ2) is 5.30. The maximum Gasteiger partial charge on any atom is 0.270 e. The molecule has 0 spiro atoms. The van der Waals surface area contributed by atoms with Crippen molar-refractivity contribution in [3.05, 3.63) is 29.6 Å². The first-order chi connectivity index (χ1) is 7.46. The Balaban J connectivity index is 2.77.